The first-order valence-electron chi connectivity index (χ1n) is 20.0. The molecule has 0 radical (unpaired) electrons. The summed E-state index contributed by atoms with van der Waals surface area (Å²) >= 11 is 0. The molecular formula is C46H35ClN8O13. The number of nitro benzene ring substituents is 2. The van der Waals surface area contributed by atoms with Gasteiger partial charge in [0, 0.05) is 45.8 Å². The maximum absolute atomic E-state index is 13.6. The number of carboxylic acid groups (broad SMARTS) is 1. The molecule has 0 fully saturated rings. The van der Waals surface area contributed by atoms with Crippen LogP contribution in [0.5, 0.6) is 11.5 Å². The largest absolute Gasteiger partial charge is 0.480 e. The van der Waals surface area contributed by atoms with E-state index in [1.807, 2.05) is 18.2 Å². The van der Waals surface area contributed by atoms with Crippen molar-refractivity contribution in [3.05, 3.63) is 175 Å². The minimum absolute atomic E-state index is 0. The van der Waals surface area contributed by atoms with Gasteiger partial charge in [0.15, 0.2) is 24.5 Å². The third-order valence-electron chi connectivity index (χ3n) is 10.4. The van der Waals surface area contributed by atoms with E-state index in [1.165, 1.54) is 57.7 Å². The van der Waals surface area contributed by atoms with Gasteiger partial charge in [-0.25, -0.2) is 19.6 Å². The maximum atomic E-state index is 13.6. The van der Waals surface area contributed by atoms with Crippen LogP contribution in [0.2, 0.25) is 0 Å². The first-order valence-corrected chi connectivity index (χ1v) is 20.0. The van der Waals surface area contributed by atoms with E-state index in [9.17, 15) is 39.4 Å². The van der Waals surface area contributed by atoms with Crippen LogP contribution in [-0.2, 0) is 14.3 Å². The summed E-state index contributed by atoms with van der Waals surface area (Å²) in [5.41, 5.74) is 3.19. The Morgan fingerprint density at radius 3 is 1.38 bits per heavy atom. The second kappa shape index (κ2) is 19.1. The molecule has 22 heteroatoms. The number of imidazole rings is 2. The number of fused-ring (bicyclic) bond motifs is 10. The van der Waals surface area contributed by atoms with Crippen LogP contribution in [0.4, 0.5) is 11.4 Å². The van der Waals surface area contributed by atoms with Crippen molar-refractivity contribution in [1.29, 1.82) is 0 Å². The Bertz CT molecular complexity index is 3740. The molecule has 68 heavy (non-hydrogen) atoms. The van der Waals surface area contributed by atoms with Gasteiger partial charge in [0.25, 0.3) is 22.5 Å². The fourth-order valence-corrected chi connectivity index (χ4v) is 7.59. The van der Waals surface area contributed by atoms with Crippen molar-refractivity contribution in [3.63, 3.8) is 0 Å². The minimum Gasteiger partial charge on any atom is -0.480 e. The number of ether oxygens (including phenoxy) is 3. The van der Waals surface area contributed by atoms with Gasteiger partial charge < -0.3 is 24.8 Å². The summed E-state index contributed by atoms with van der Waals surface area (Å²) in [4.78, 5) is 80.2. The first-order chi connectivity index (χ1) is 31.9. The Morgan fingerprint density at radius 2 is 1.00 bits per heavy atom. The number of esters is 1. The summed E-state index contributed by atoms with van der Waals surface area (Å²) in [6.07, 6.45) is 3.20. The Labute approximate surface area is 386 Å². The Morgan fingerprint density at radius 1 is 0.603 bits per heavy atom. The third-order valence-corrected chi connectivity index (χ3v) is 10.4. The number of aliphatic carboxylic acids is 1. The minimum atomic E-state index is -1.12. The molecule has 0 atom stereocenters. The summed E-state index contributed by atoms with van der Waals surface area (Å²) in [5, 5.41) is 33.3. The summed E-state index contributed by atoms with van der Waals surface area (Å²) < 4.78 is 22.0. The number of hydrogen-bond donors (Lipinski definition) is 1. The van der Waals surface area contributed by atoms with Crippen LogP contribution in [-0.4, -0.2) is 80.1 Å². The number of halogens is 1. The lowest BCUT2D eigenvalue weighted by atomic mass is 10.1. The Balaban J connectivity index is 0.000000196. The van der Waals surface area contributed by atoms with Crippen molar-refractivity contribution in [2.75, 3.05) is 19.8 Å². The van der Waals surface area contributed by atoms with Crippen LogP contribution >= 0.6 is 12.4 Å². The lowest BCUT2D eigenvalue weighted by molar-refractivity contribution is -0.385. The van der Waals surface area contributed by atoms with E-state index in [0.29, 0.717) is 72.3 Å². The predicted molar refractivity (Wildman–Crippen MR) is 251 cm³/mol. The topological polar surface area (TPSA) is 278 Å². The van der Waals surface area contributed by atoms with E-state index in [1.54, 1.807) is 82.7 Å². The van der Waals surface area contributed by atoms with Crippen molar-refractivity contribution in [2.24, 2.45) is 0 Å². The lowest BCUT2D eigenvalue weighted by Gasteiger charge is -2.11. The van der Waals surface area contributed by atoms with Gasteiger partial charge in [-0.3, -0.25) is 47.8 Å². The predicted octanol–water partition coefficient (Wildman–Crippen LogP) is 6.40. The molecule has 6 aromatic heterocycles. The molecule has 10 aromatic rings. The number of aromatic nitrogens is 6. The fraction of sp³-hybridized carbons (Fsp3) is 0.0870. The average molecular weight is 943 g/mol. The zero-order valence-corrected chi connectivity index (χ0v) is 36.1. The van der Waals surface area contributed by atoms with Crippen LogP contribution in [0.15, 0.2) is 143 Å². The molecule has 0 unspecified atom stereocenters. The van der Waals surface area contributed by atoms with Crippen LogP contribution in [0.1, 0.15) is 6.92 Å². The molecule has 0 bridgehead atoms. The zero-order chi connectivity index (χ0) is 46.2. The van der Waals surface area contributed by atoms with Crippen LogP contribution in [0.3, 0.4) is 0 Å². The van der Waals surface area contributed by atoms with Gasteiger partial charge in [-0.05, 0) is 67.6 Å². The van der Waals surface area contributed by atoms with E-state index >= 15 is 0 Å². The summed E-state index contributed by atoms with van der Waals surface area (Å²) in [5.74, 6) is -0.938. The highest BCUT2D eigenvalue weighted by atomic mass is 35.5. The highest BCUT2D eigenvalue weighted by Crippen LogP contribution is 2.30. The second-order valence-electron chi connectivity index (χ2n) is 14.4. The van der Waals surface area contributed by atoms with E-state index in [-0.39, 0.29) is 59.3 Å². The molecule has 0 saturated heterocycles. The van der Waals surface area contributed by atoms with Crippen molar-refractivity contribution in [1.82, 2.24) is 27.9 Å². The smallest absolute Gasteiger partial charge is 0.344 e. The van der Waals surface area contributed by atoms with E-state index < -0.39 is 28.4 Å². The second-order valence-corrected chi connectivity index (χ2v) is 14.4. The fourth-order valence-electron chi connectivity index (χ4n) is 7.59. The molecule has 10 rings (SSSR count). The van der Waals surface area contributed by atoms with Gasteiger partial charge in [-0.1, -0.05) is 36.4 Å². The molecule has 0 amide bonds. The summed E-state index contributed by atoms with van der Waals surface area (Å²) in [6, 6.07) is 32.3. The Hall–Kier alpha value is -9.21. The number of carbonyl (C=O) groups excluding carboxylic acids is 1. The number of nitrogens with zero attached hydrogens (tertiary/aromatic N) is 8. The van der Waals surface area contributed by atoms with Gasteiger partial charge in [0.2, 0.25) is 0 Å². The Kier molecular flexibility index (Phi) is 13.1. The van der Waals surface area contributed by atoms with Crippen molar-refractivity contribution >= 4 is 90.9 Å². The number of carboxylic acids is 1. The van der Waals surface area contributed by atoms with Crippen LogP contribution in [0, 0.1) is 20.2 Å². The highest BCUT2D eigenvalue weighted by molar-refractivity contribution is 6.05. The molecule has 21 nitrogen and oxygen atoms in total. The van der Waals surface area contributed by atoms with Gasteiger partial charge in [-0.2, -0.15) is 0 Å². The number of non-ortho nitro benzene ring substituents is 2. The molecule has 0 aliphatic carbocycles. The normalized spacial score (nSPS) is 10.9. The third kappa shape index (κ3) is 8.55. The molecule has 0 spiro atoms. The van der Waals surface area contributed by atoms with E-state index in [4.69, 9.17) is 24.3 Å². The number of carbonyl (C=O) groups is 2. The molecule has 3 N–H and O–H groups in total. The standard InChI is InChI=1S/C24H18N4O6.C22H14N4O6.ClH.H2O/c1-2-33-21(29)14-34-17-11-12-20-25-22-18-5-3-4-6-19(18)24(30)27(23(22)26(20)13-17)15-7-9-16(10-8-15)28(31)32;27-19(28)12-32-15-9-10-18-23-20-16-3-1-2-4-17(16)22(29)25(21(20)24(18)11-15)13-5-7-14(8-6-13)26(30)31;;/h3-13H,2,14H2,1H3;1-11H,12H2,(H,27,28);1H;1H2. The van der Waals surface area contributed by atoms with E-state index in [0.717, 1.165) is 0 Å². The van der Waals surface area contributed by atoms with E-state index in [2.05, 4.69) is 4.98 Å². The summed E-state index contributed by atoms with van der Waals surface area (Å²) in [6.45, 7) is 1.19. The molecule has 0 aliphatic heterocycles. The molecule has 6 heterocycles. The molecule has 344 valence electrons. The molecule has 4 aromatic carbocycles. The van der Waals surface area contributed by atoms with Gasteiger partial charge in [0.05, 0.1) is 40.2 Å². The van der Waals surface area contributed by atoms with Gasteiger partial charge in [-0.15, -0.1) is 12.4 Å². The molecule has 0 aliphatic rings. The number of nitro groups is 2. The van der Waals surface area contributed by atoms with Gasteiger partial charge in [0.1, 0.15) is 33.8 Å². The quantitative estimate of drug-likeness (QED) is 0.0834. The number of benzene rings is 4. The summed E-state index contributed by atoms with van der Waals surface area (Å²) in [7, 11) is 0. The average Bonchev–Trinajstić information content (AvgIpc) is 3.90. The van der Waals surface area contributed by atoms with Crippen molar-refractivity contribution in [3.8, 4) is 22.9 Å². The maximum Gasteiger partial charge on any atom is 0.344 e. The van der Waals surface area contributed by atoms with Gasteiger partial charge >= 0.3 is 11.9 Å². The number of rotatable bonds is 11. The van der Waals surface area contributed by atoms with Crippen molar-refractivity contribution in [2.45, 2.75) is 6.92 Å². The van der Waals surface area contributed by atoms with Crippen LogP contribution in [0.25, 0.3) is 66.5 Å². The zero-order valence-electron chi connectivity index (χ0n) is 35.2. The lowest BCUT2D eigenvalue weighted by Crippen LogP contribution is -2.20. The molecular weight excluding hydrogens is 908 g/mol. The number of hydrogen-bond acceptors (Lipinski definition) is 13. The SMILES string of the molecule is CCOC(=O)COc1ccc2nc3c4ccccc4c(=O)n(-c4ccc([N+](=O)[O-])cc4)c3n2c1.Cl.O.O=C(O)COc1ccc2nc3c4ccccc4c(=O)n(-c4ccc([N+](=O)[O-])cc4)c3n2c1. The monoisotopic (exact) mass is 942 g/mol. The number of pyridine rings is 4. The molecule has 0 saturated carbocycles. The first kappa shape index (κ1) is 46.8. The van der Waals surface area contributed by atoms with Crippen LogP contribution < -0.4 is 20.6 Å². The highest BCUT2D eigenvalue weighted by Gasteiger charge is 2.21. The van der Waals surface area contributed by atoms with Crippen molar-refractivity contribution < 1.29 is 44.2 Å².